The lowest BCUT2D eigenvalue weighted by Gasteiger charge is -2.27. The number of nitrogens with zero attached hydrogens (tertiary/aromatic N) is 1. The predicted molar refractivity (Wildman–Crippen MR) is 89.4 cm³/mol. The minimum atomic E-state index is 0.240. The van der Waals surface area contributed by atoms with Gasteiger partial charge in [-0.1, -0.05) is 20.8 Å². The number of hydrogen-bond acceptors (Lipinski definition) is 3. The van der Waals surface area contributed by atoms with Crippen molar-refractivity contribution in [3.05, 3.63) is 0 Å². The van der Waals surface area contributed by atoms with Gasteiger partial charge in [0.2, 0.25) is 5.91 Å². The van der Waals surface area contributed by atoms with Gasteiger partial charge in [0.1, 0.15) is 0 Å². The van der Waals surface area contributed by atoms with Crippen LogP contribution in [0.3, 0.4) is 0 Å². The first-order chi connectivity index (χ1) is 10.2. The number of carbonyl (C=O) groups is 1. The summed E-state index contributed by atoms with van der Waals surface area (Å²) in [6.07, 6.45) is 5.40. The molecule has 0 aromatic heterocycles. The van der Waals surface area contributed by atoms with E-state index < -0.39 is 0 Å². The Morgan fingerprint density at radius 2 is 1.90 bits per heavy atom. The third kappa shape index (κ3) is 7.82. The van der Waals surface area contributed by atoms with Crippen molar-refractivity contribution in [2.45, 2.75) is 52.9 Å². The summed E-state index contributed by atoms with van der Waals surface area (Å²) in [4.78, 5) is 14.4. The molecule has 0 saturated carbocycles. The number of hydrogen-bond donors (Lipinski definition) is 2. The molecule has 124 valence electrons. The van der Waals surface area contributed by atoms with Gasteiger partial charge in [0, 0.05) is 13.0 Å². The van der Waals surface area contributed by atoms with E-state index in [1.165, 1.54) is 19.3 Å². The molecule has 21 heavy (non-hydrogen) atoms. The van der Waals surface area contributed by atoms with Gasteiger partial charge in [-0.15, -0.1) is 0 Å². The molecule has 1 fully saturated rings. The van der Waals surface area contributed by atoms with Gasteiger partial charge in [0.05, 0.1) is 0 Å². The molecule has 1 aliphatic heterocycles. The van der Waals surface area contributed by atoms with E-state index >= 15 is 0 Å². The van der Waals surface area contributed by atoms with E-state index in [4.69, 9.17) is 0 Å². The molecule has 0 aliphatic carbocycles. The second kappa shape index (κ2) is 11.0. The zero-order chi connectivity index (χ0) is 15.5. The second-order valence-corrected chi connectivity index (χ2v) is 6.35. The van der Waals surface area contributed by atoms with Crippen molar-refractivity contribution in [3.63, 3.8) is 0 Å². The van der Waals surface area contributed by atoms with Crippen LogP contribution in [-0.4, -0.2) is 50.1 Å². The van der Waals surface area contributed by atoms with E-state index in [9.17, 15) is 4.79 Å². The molecule has 1 atom stereocenters. The van der Waals surface area contributed by atoms with E-state index in [1.54, 1.807) is 0 Å². The molecule has 1 amide bonds. The first-order valence-corrected chi connectivity index (χ1v) is 8.87. The summed E-state index contributed by atoms with van der Waals surface area (Å²) in [5.74, 6) is 1.48. The summed E-state index contributed by atoms with van der Waals surface area (Å²) < 4.78 is 0. The molecule has 1 aliphatic rings. The van der Waals surface area contributed by atoms with Gasteiger partial charge in [-0.05, 0) is 70.2 Å². The Balaban J connectivity index is 2.05. The van der Waals surface area contributed by atoms with Crippen LogP contribution in [0.4, 0.5) is 0 Å². The van der Waals surface area contributed by atoms with Crippen LogP contribution < -0.4 is 10.6 Å². The maximum Gasteiger partial charge on any atom is 0.220 e. The average molecular weight is 297 g/mol. The maximum atomic E-state index is 12.0. The molecule has 1 unspecified atom stereocenters. The Morgan fingerprint density at radius 1 is 1.24 bits per heavy atom. The van der Waals surface area contributed by atoms with E-state index in [-0.39, 0.29) is 5.91 Å². The van der Waals surface area contributed by atoms with E-state index in [2.05, 4.69) is 36.3 Å². The van der Waals surface area contributed by atoms with Gasteiger partial charge in [-0.3, -0.25) is 4.79 Å². The summed E-state index contributed by atoms with van der Waals surface area (Å²) in [7, 11) is 0. The molecule has 2 N–H and O–H groups in total. The van der Waals surface area contributed by atoms with E-state index in [1.807, 2.05) is 0 Å². The third-order valence-electron chi connectivity index (χ3n) is 4.81. The minimum absolute atomic E-state index is 0.240. The monoisotopic (exact) mass is 297 g/mol. The lowest BCUT2D eigenvalue weighted by atomic mass is 9.84. The number of amides is 1. The Morgan fingerprint density at radius 3 is 2.52 bits per heavy atom. The molecule has 1 heterocycles. The van der Waals surface area contributed by atoms with Gasteiger partial charge < -0.3 is 15.5 Å². The highest BCUT2D eigenvalue weighted by Crippen LogP contribution is 2.24. The van der Waals surface area contributed by atoms with Crippen LogP contribution >= 0.6 is 0 Å². The molecule has 4 heteroatoms. The minimum Gasteiger partial charge on any atom is -0.356 e. The largest absolute Gasteiger partial charge is 0.356 e. The van der Waals surface area contributed by atoms with E-state index in [0.717, 1.165) is 51.6 Å². The fraction of sp³-hybridized carbons (Fsp3) is 0.941. The van der Waals surface area contributed by atoms with Crippen LogP contribution in [0.2, 0.25) is 0 Å². The quantitative estimate of drug-likeness (QED) is 0.608. The van der Waals surface area contributed by atoms with Crippen LogP contribution in [0.15, 0.2) is 0 Å². The number of unbranched alkanes of at least 4 members (excludes halogenated alkanes) is 1. The lowest BCUT2D eigenvalue weighted by molar-refractivity contribution is -0.122. The Bertz CT molecular complexity index is 273. The normalized spacial score (nSPS) is 17.9. The van der Waals surface area contributed by atoms with Gasteiger partial charge in [0.15, 0.2) is 0 Å². The van der Waals surface area contributed by atoms with Gasteiger partial charge in [-0.25, -0.2) is 0 Å². The van der Waals surface area contributed by atoms with Crippen molar-refractivity contribution < 1.29 is 4.79 Å². The topological polar surface area (TPSA) is 44.4 Å². The predicted octanol–water partition coefficient (Wildman–Crippen LogP) is 2.25. The zero-order valence-corrected chi connectivity index (χ0v) is 14.3. The second-order valence-electron chi connectivity index (χ2n) is 6.35. The van der Waals surface area contributed by atoms with Crippen molar-refractivity contribution in [2.75, 3.05) is 39.3 Å². The van der Waals surface area contributed by atoms with Gasteiger partial charge >= 0.3 is 0 Å². The molecular weight excluding hydrogens is 262 g/mol. The molecule has 0 aromatic carbocycles. The zero-order valence-electron chi connectivity index (χ0n) is 14.3. The number of rotatable bonds is 10. The number of carbonyl (C=O) groups excluding carboxylic acids is 1. The molecule has 0 spiro atoms. The highest BCUT2D eigenvalue weighted by atomic mass is 16.1. The Hall–Kier alpha value is -0.610. The standard InChI is InChI=1S/C17H35N3O/c1-4-20(5-2)13-7-6-10-19-17(21)14-15(3)16-8-11-18-12-9-16/h15-16,18H,4-14H2,1-3H3,(H,19,21). The van der Waals surface area contributed by atoms with E-state index in [0.29, 0.717) is 12.3 Å². The summed E-state index contributed by atoms with van der Waals surface area (Å²) in [6, 6.07) is 0. The fourth-order valence-corrected chi connectivity index (χ4v) is 3.17. The van der Waals surface area contributed by atoms with Crippen LogP contribution in [0.1, 0.15) is 52.9 Å². The van der Waals surface area contributed by atoms with Gasteiger partial charge in [0.25, 0.3) is 0 Å². The van der Waals surface area contributed by atoms with Crippen molar-refractivity contribution in [2.24, 2.45) is 11.8 Å². The molecule has 1 saturated heterocycles. The average Bonchev–Trinajstić information content (AvgIpc) is 2.51. The molecule has 4 nitrogen and oxygen atoms in total. The fourth-order valence-electron chi connectivity index (χ4n) is 3.17. The van der Waals surface area contributed by atoms with Crippen molar-refractivity contribution in [1.29, 1.82) is 0 Å². The van der Waals surface area contributed by atoms with Crippen molar-refractivity contribution >= 4 is 5.91 Å². The molecular formula is C17H35N3O. The first-order valence-electron chi connectivity index (χ1n) is 8.87. The number of piperidine rings is 1. The van der Waals surface area contributed by atoms with Crippen LogP contribution in [0.5, 0.6) is 0 Å². The molecule has 1 rings (SSSR count). The van der Waals surface area contributed by atoms with Crippen LogP contribution in [0, 0.1) is 11.8 Å². The summed E-state index contributed by atoms with van der Waals surface area (Å²) in [5.41, 5.74) is 0. The highest BCUT2D eigenvalue weighted by molar-refractivity contribution is 5.76. The maximum absolute atomic E-state index is 12.0. The van der Waals surface area contributed by atoms with Crippen molar-refractivity contribution in [1.82, 2.24) is 15.5 Å². The summed E-state index contributed by atoms with van der Waals surface area (Å²) in [5, 5.41) is 6.47. The van der Waals surface area contributed by atoms with Crippen molar-refractivity contribution in [3.8, 4) is 0 Å². The lowest BCUT2D eigenvalue weighted by Crippen LogP contribution is -2.33. The Labute approximate surface area is 131 Å². The van der Waals surface area contributed by atoms with Crippen LogP contribution in [-0.2, 0) is 4.79 Å². The molecule has 0 radical (unpaired) electrons. The Kier molecular flexibility index (Phi) is 9.68. The third-order valence-corrected chi connectivity index (χ3v) is 4.81. The smallest absolute Gasteiger partial charge is 0.220 e. The molecule has 0 aromatic rings. The number of nitrogens with one attached hydrogen (secondary N) is 2. The summed E-state index contributed by atoms with van der Waals surface area (Å²) in [6.45, 7) is 13.1. The summed E-state index contributed by atoms with van der Waals surface area (Å²) >= 11 is 0. The van der Waals surface area contributed by atoms with Crippen LogP contribution in [0.25, 0.3) is 0 Å². The molecule has 0 bridgehead atoms. The highest BCUT2D eigenvalue weighted by Gasteiger charge is 2.21. The SMILES string of the molecule is CCN(CC)CCCCNC(=O)CC(C)C1CCNCC1. The first kappa shape index (κ1) is 18.4. The van der Waals surface area contributed by atoms with Gasteiger partial charge in [-0.2, -0.15) is 0 Å².